The first-order valence-electron chi connectivity index (χ1n) is 5.75. The van der Waals surface area contributed by atoms with Crippen molar-refractivity contribution in [1.29, 1.82) is 0 Å². The van der Waals surface area contributed by atoms with Crippen LogP contribution in [-0.2, 0) is 17.8 Å². The van der Waals surface area contributed by atoms with Gasteiger partial charge >= 0.3 is 0 Å². The number of aromatic nitrogens is 1. The summed E-state index contributed by atoms with van der Waals surface area (Å²) in [5.41, 5.74) is 1.37. The number of hydrogen-bond donors (Lipinski definition) is 1. The van der Waals surface area contributed by atoms with Crippen LogP contribution in [0.15, 0.2) is 18.5 Å². The summed E-state index contributed by atoms with van der Waals surface area (Å²) in [6.07, 6.45) is 6.84. The molecule has 1 N–H and O–H groups in total. The predicted octanol–water partition coefficient (Wildman–Crippen LogP) is 1.63. The van der Waals surface area contributed by atoms with E-state index in [1.165, 1.54) is 18.4 Å². The van der Waals surface area contributed by atoms with Crippen LogP contribution in [0.4, 0.5) is 0 Å². The molecule has 1 fully saturated rings. The molecule has 0 spiro atoms. The first-order chi connectivity index (χ1) is 7.38. The minimum atomic E-state index is 0.800. The Labute approximate surface area is 91.4 Å². The van der Waals surface area contributed by atoms with Gasteiger partial charge in [0, 0.05) is 38.7 Å². The zero-order valence-electron chi connectivity index (χ0n) is 9.41. The Morgan fingerprint density at radius 1 is 1.47 bits per heavy atom. The van der Waals surface area contributed by atoms with Crippen LogP contribution in [0.2, 0.25) is 0 Å². The molecule has 3 heteroatoms. The van der Waals surface area contributed by atoms with Gasteiger partial charge in [0.15, 0.2) is 0 Å². The SMILES string of the molecule is CNCc1ccn(CC2CCOCC2)c1. The zero-order chi connectivity index (χ0) is 10.5. The summed E-state index contributed by atoms with van der Waals surface area (Å²) in [7, 11) is 1.98. The summed E-state index contributed by atoms with van der Waals surface area (Å²) in [5, 5.41) is 3.17. The number of nitrogens with one attached hydrogen (secondary N) is 1. The molecule has 0 aliphatic carbocycles. The summed E-state index contributed by atoms with van der Waals surface area (Å²) in [6.45, 7) is 3.98. The molecule has 0 atom stereocenters. The molecule has 1 aromatic heterocycles. The van der Waals surface area contributed by atoms with Gasteiger partial charge in [0.1, 0.15) is 0 Å². The average Bonchev–Trinajstić information content (AvgIpc) is 2.68. The summed E-state index contributed by atoms with van der Waals surface area (Å²) >= 11 is 0. The van der Waals surface area contributed by atoms with E-state index >= 15 is 0 Å². The van der Waals surface area contributed by atoms with Crippen molar-refractivity contribution < 1.29 is 4.74 Å². The van der Waals surface area contributed by atoms with Gasteiger partial charge in [0.2, 0.25) is 0 Å². The quantitative estimate of drug-likeness (QED) is 0.814. The largest absolute Gasteiger partial charge is 0.381 e. The van der Waals surface area contributed by atoms with Crippen molar-refractivity contribution in [3.8, 4) is 0 Å². The lowest BCUT2D eigenvalue weighted by molar-refractivity contribution is 0.0613. The molecule has 1 aliphatic heterocycles. The van der Waals surface area contributed by atoms with Crippen LogP contribution in [0.25, 0.3) is 0 Å². The van der Waals surface area contributed by atoms with Crippen molar-refractivity contribution in [1.82, 2.24) is 9.88 Å². The predicted molar refractivity (Wildman–Crippen MR) is 60.7 cm³/mol. The van der Waals surface area contributed by atoms with E-state index in [4.69, 9.17) is 4.74 Å². The normalized spacial score (nSPS) is 18.2. The van der Waals surface area contributed by atoms with Crippen LogP contribution >= 0.6 is 0 Å². The van der Waals surface area contributed by atoms with E-state index in [0.717, 1.165) is 32.2 Å². The Balaban J connectivity index is 1.86. The third-order valence-electron chi connectivity index (χ3n) is 3.00. The van der Waals surface area contributed by atoms with Crippen molar-refractivity contribution >= 4 is 0 Å². The smallest absolute Gasteiger partial charge is 0.0469 e. The molecule has 1 saturated heterocycles. The monoisotopic (exact) mass is 208 g/mol. The molecule has 0 bridgehead atoms. The topological polar surface area (TPSA) is 26.2 Å². The molecule has 0 radical (unpaired) electrons. The number of nitrogens with zero attached hydrogens (tertiary/aromatic N) is 1. The van der Waals surface area contributed by atoms with E-state index in [1.807, 2.05) is 7.05 Å². The molecule has 84 valence electrons. The van der Waals surface area contributed by atoms with Crippen molar-refractivity contribution in [3.05, 3.63) is 24.0 Å². The van der Waals surface area contributed by atoms with E-state index in [1.54, 1.807) is 0 Å². The Morgan fingerprint density at radius 3 is 3.00 bits per heavy atom. The Bertz CT molecular complexity index is 290. The summed E-state index contributed by atoms with van der Waals surface area (Å²) in [5.74, 6) is 0.800. The lowest BCUT2D eigenvalue weighted by Crippen LogP contribution is -2.19. The highest BCUT2D eigenvalue weighted by Crippen LogP contribution is 2.17. The van der Waals surface area contributed by atoms with Gasteiger partial charge in [-0.2, -0.15) is 0 Å². The maximum Gasteiger partial charge on any atom is 0.0469 e. The van der Waals surface area contributed by atoms with Gasteiger partial charge in [-0.15, -0.1) is 0 Å². The molecule has 0 aromatic carbocycles. The molecule has 0 unspecified atom stereocenters. The highest BCUT2D eigenvalue weighted by Gasteiger charge is 2.13. The van der Waals surface area contributed by atoms with Crippen LogP contribution in [-0.4, -0.2) is 24.8 Å². The minimum Gasteiger partial charge on any atom is -0.381 e. The average molecular weight is 208 g/mol. The molecular formula is C12H20N2O. The van der Waals surface area contributed by atoms with Gasteiger partial charge in [-0.05, 0) is 37.4 Å². The van der Waals surface area contributed by atoms with Gasteiger partial charge in [0.25, 0.3) is 0 Å². The van der Waals surface area contributed by atoms with Crippen molar-refractivity contribution in [2.75, 3.05) is 20.3 Å². The van der Waals surface area contributed by atoms with E-state index in [-0.39, 0.29) is 0 Å². The van der Waals surface area contributed by atoms with Crippen LogP contribution in [0.5, 0.6) is 0 Å². The molecule has 1 aromatic rings. The highest BCUT2D eigenvalue weighted by atomic mass is 16.5. The van der Waals surface area contributed by atoms with Gasteiger partial charge in [-0.3, -0.25) is 0 Å². The molecular weight excluding hydrogens is 188 g/mol. The Morgan fingerprint density at radius 2 is 2.27 bits per heavy atom. The van der Waals surface area contributed by atoms with Crippen LogP contribution < -0.4 is 5.32 Å². The zero-order valence-corrected chi connectivity index (χ0v) is 9.41. The van der Waals surface area contributed by atoms with Crippen LogP contribution in [0.3, 0.4) is 0 Å². The second-order valence-electron chi connectivity index (χ2n) is 4.30. The third-order valence-corrected chi connectivity index (χ3v) is 3.00. The molecule has 0 saturated carbocycles. The summed E-state index contributed by atoms with van der Waals surface area (Å²) in [6, 6.07) is 2.19. The molecule has 2 heterocycles. The van der Waals surface area contributed by atoms with Crippen LogP contribution in [0.1, 0.15) is 18.4 Å². The van der Waals surface area contributed by atoms with E-state index in [9.17, 15) is 0 Å². The molecule has 2 rings (SSSR count). The number of hydrogen-bond acceptors (Lipinski definition) is 2. The third kappa shape index (κ3) is 3.08. The number of ether oxygens (including phenoxy) is 1. The van der Waals surface area contributed by atoms with Crippen LogP contribution in [0, 0.1) is 5.92 Å². The van der Waals surface area contributed by atoms with Gasteiger partial charge in [-0.25, -0.2) is 0 Å². The molecule has 3 nitrogen and oxygen atoms in total. The summed E-state index contributed by atoms with van der Waals surface area (Å²) in [4.78, 5) is 0. The van der Waals surface area contributed by atoms with Crippen molar-refractivity contribution in [2.45, 2.75) is 25.9 Å². The lowest BCUT2D eigenvalue weighted by Gasteiger charge is -2.22. The second-order valence-corrected chi connectivity index (χ2v) is 4.30. The fourth-order valence-corrected chi connectivity index (χ4v) is 2.14. The first kappa shape index (κ1) is 10.7. The Hall–Kier alpha value is -0.800. The van der Waals surface area contributed by atoms with E-state index in [2.05, 4.69) is 28.3 Å². The standard InChI is InChI=1S/C12H20N2O/c1-13-8-12-2-5-14(10-12)9-11-3-6-15-7-4-11/h2,5,10-11,13H,3-4,6-9H2,1H3. The van der Waals surface area contributed by atoms with Crippen molar-refractivity contribution in [2.24, 2.45) is 5.92 Å². The maximum absolute atomic E-state index is 5.36. The molecule has 1 aliphatic rings. The fourth-order valence-electron chi connectivity index (χ4n) is 2.14. The van der Waals surface area contributed by atoms with Crippen molar-refractivity contribution in [3.63, 3.8) is 0 Å². The first-order valence-corrected chi connectivity index (χ1v) is 5.75. The summed E-state index contributed by atoms with van der Waals surface area (Å²) < 4.78 is 7.67. The van der Waals surface area contributed by atoms with Gasteiger partial charge in [0.05, 0.1) is 0 Å². The molecule has 0 amide bonds. The highest BCUT2D eigenvalue weighted by molar-refractivity contribution is 5.09. The fraction of sp³-hybridized carbons (Fsp3) is 0.667. The van der Waals surface area contributed by atoms with Gasteiger partial charge < -0.3 is 14.6 Å². The molecule has 15 heavy (non-hydrogen) atoms. The van der Waals surface area contributed by atoms with E-state index < -0.39 is 0 Å². The Kier molecular flexibility index (Phi) is 3.80. The lowest BCUT2D eigenvalue weighted by atomic mass is 10.0. The maximum atomic E-state index is 5.36. The minimum absolute atomic E-state index is 0.800. The van der Waals surface area contributed by atoms with E-state index in [0.29, 0.717) is 0 Å². The van der Waals surface area contributed by atoms with Gasteiger partial charge in [-0.1, -0.05) is 0 Å². The second kappa shape index (κ2) is 5.33. The number of rotatable bonds is 4.